The van der Waals surface area contributed by atoms with Crippen LogP contribution in [-0.4, -0.2) is 18.9 Å². The van der Waals surface area contributed by atoms with Crippen LogP contribution in [0, 0.1) is 0 Å². The van der Waals surface area contributed by atoms with Gasteiger partial charge in [-0.15, -0.1) is 0 Å². The molecule has 0 aromatic heterocycles. The molecule has 5 nitrogen and oxygen atoms in total. The molecule has 1 heterocycles. The summed E-state index contributed by atoms with van der Waals surface area (Å²) >= 11 is 12.4. The van der Waals surface area contributed by atoms with E-state index in [1.165, 1.54) is 0 Å². The molecule has 2 amide bonds. The Morgan fingerprint density at radius 2 is 1.53 bits per heavy atom. The fraction of sp³-hybridized carbons (Fsp3) is 0.0435. The first kappa shape index (κ1) is 20.0. The van der Waals surface area contributed by atoms with Crippen molar-refractivity contribution in [2.45, 2.75) is 0 Å². The number of nitrogens with zero attached hydrogens (tertiary/aromatic N) is 1. The normalized spacial score (nSPS) is 13.8. The molecule has 0 saturated heterocycles. The van der Waals surface area contributed by atoms with Crippen LogP contribution in [0.2, 0.25) is 10.0 Å². The highest BCUT2D eigenvalue weighted by Crippen LogP contribution is 2.39. The fourth-order valence-corrected chi connectivity index (χ4v) is 3.60. The molecule has 0 radical (unpaired) electrons. The zero-order valence-corrected chi connectivity index (χ0v) is 17.4. The van der Waals surface area contributed by atoms with E-state index in [1.54, 1.807) is 73.8 Å². The third-order valence-electron chi connectivity index (χ3n) is 4.68. The molecule has 0 bridgehead atoms. The third kappa shape index (κ3) is 3.54. The minimum absolute atomic E-state index is 0.138. The maximum atomic E-state index is 13.4. The van der Waals surface area contributed by atoms with E-state index in [4.69, 9.17) is 27.9 Å². The molecule has 3 aromatic rings. The number of hydrogen-bond donors (Lipinski definition) is 1. The fourth-order valence-electron chi connectivity index (χ4n) is 3.22. The zero-order valence-electron chi connectivity index (χ0n) is 15.9. The molecular weight excluding hydrogens is 423 g/mol. The first-order valence-electron chi connectivity index (χ1n) is 9.05. The molecular formula is C23H16Cl2N2O3. The lowest BCUT2D eigenvalue weighted by molar-refractivity contribution is -0.120. The van der Waals surface area contributed by atoms with Gasteiger partial charge in [-0.05, 0) is 42.0 Å². The Labute approximate surface area is 183 Å². The van der Waals surface area contributed by atoms with E-state index in [2.05, 4.69) is 5.32 Å². The number of imide groups is 1. The van der Waals surface area contributed by atoms with E-state index in [0.717, 1.165) is 4.90 Å². The van der Waals surface area contributed by atoms with Crippen LogP contribution in [0.1, 0.15) is 5.56 Å². The van der Waals surface area contributed by atoms with E-state index in [1.807, 2.05) is 6.07 Å². The van der Waals surface area contributed by atoms with Gasteiger partial charge in [0.05, 0.1) is 28.4 Å². The average Bonchev–Trinajstić information content (AvgIpc) is 3.01. The predicted molar refractivity (Wildman–Crippen MR) is 119 cm³/mol. The number of carbonyl (C=O) groups excluding carboxylic acids is 2. The Morgan fingerprint density at radius 3 is 2.20 bits per heavy atom. The molecule has 0 saturated carbocycles. The number of amides is 2. The van der Waals surface area contributed by atoms with Crippen LogP contribution < -0.4 is 15.0 Å². The number of methoxy groups -OCH3 is 1. The van der Waals surface area contributed by atoms with Crippen LogP contribution >= 0.6 is 23.2 Å². The van der Waals surface area contributed by atoms with Crippen molar-refractivity contribution in [3.63, 3.8) is 0 Å². The number of anilines is 2. The van der Waals surface area contributed by atoms with E-state index >= 15 is 0 Å². The van der Waals surface area contributed by atoms with Crippen molar-refractivity contribution in [3.8, 4) is 5.75 Å². The van der Waals surface area contributed by atoms with Gasteiger partial charge in [-0.1, -0.05) is 59.6 Å². The van der Waals surface area contributed by atoms with Gasteiger partial charge in [0.15, 0.2) is 0 Å². The zero-order chi connectivity index (χ0) is 21.3. The Bertz CT molecular complexity index is 1160. The number of nitrogens with one attached hydrogen (secondary N) is 1. The monoisotopic (exact) mass is 438 g/mol. The minimum Gasteiger partial charge on any atom is -0.497 e. The molecule has 30 heavy (non-hydrogen) atoms. The highest BCUT2D eigenvalue weighted by Gasteiger charge is 2.41. The van der Waals surface area contributed by atoms with Gasteiger partial charge in [0, 0.05) is 5.69 Å². The summed E-state index contributed by atoms with van der Waals surface area (Å²) < 4.78 is 5.17. The molecule has 150 valence electrons. The molecule has 0 spiro atoms. The Kier molecular flexibility index (Phi) is 5.48. The number of hydrogen-bond acceptors (Lipinski definition) is 4. The van der Waals surface area contributed by atoms with E-state index in [9.17, 15) is 9.59 Å². The molecule has 1 N–H and O–H groups in total. The van der Waals surface area contributed by atoms with Crippen LogP contribution in [0.25, 0.3) is 5.57 Å². The quantitative estimate of drug-likeness (QED) is 0.541. The van der Waals surface area contributed by atoms with E-state index in [0.29, 0.717) is 17.0 Å². The van der Waals surface area contributed by atoms with Crippen molar-refractivity contribution in [2.75, 3.05) is 17.3 Å². The SMILES string of the molecule is COc1ccc(NC2=C(c3ccccc3)C(=O)N(c3cccc(Cl)c3Cl)C2=O)cc1. The van der Waals surface area contributed by atoms with Crippen LogP contribution in [-0.2, 0) is 9.59 Å². The Balaban J connectivity index is 1.81. The first-order chi connectivity index (χ1) is 14.5. The lowest BCUT2D eigenvalue weighted by Crippen LogP contribution is -2.32. The maximum absolute atomic E-state index is 13.4. The second kappa shape index (κ2) is 8.22. The van der Waals surface area contributed by atoms with Crippen molar-refractivity contribution in [1.82, 2.24) is 0 Å². The minimum atomic E-state index is -0.515. The smallest absolute Gasteiger partial charge is 0.282 e. The summed E-state index contributed by atoms with van der Waals surface area (Å²) in [5.41, 5.74) is 1.91. The summed E-state index contributed by atoms with van der Waals surface area (Å²) in [4.78, 5) is 27.8. The Morgan fingerprint density at radius 1 is 0.833 bits per heavy atom. The van der Waals surface area contributed by atoms with E-state index in [-0.39, 0.29) is 27.0 Å². The van der Waals surface area contributed by atoms with Crippen LogP contribution in [0.15, 0.2) is 78.5 Å². The number of benzene rings is 3. The van der Waals surface area contributed by atoms with Crippen molar-refractivity contribution in [3.05, 3.63) is 94.1 Å². The van der Waals surface area contributed by atoms with Gasteiger partial charge in [0.2, 0.25) is 0 Å². The predicted octanol–water partition coefficient (Wildman–Crippen LogP) is 5.40. The van der Waals surface area contributed by atoms with Gasteiger partial charge in [0.25, 0.3) is 11.8 Å². The molecule has 1 aliphatic heterocycles. The second-order valence-electron chi connectivity index (χ2n) is 6.49. The van der Waals surface area contributed by atoms with Gasteiger partial charge in [-0.25, -0.2) is 4.90 Å². The largest absolute Gasteiger partial charge is 0.497 e. The highest BCUT2D eigenvalue weighted by molar-refractivity contribution is 6.50. The highest BCUT2D eigenvalue weighted by atomic mass is 35.5. The van der Waals surface area contributed by atoms with Crippen LogP contribution in [0.3, 0.4) is 0 Å². The van der Waals surface area contributed by atoms with Crippen LogP contribution in [0.5, 0.6) is 5.75 Å². The average molecular weight is 439 g/mol. The lowest BCUT2D eigenvalue weighted by Gasteiger charge is -2.17. The Hall–Kier alpha value is -3.28. The second-order valence-corrected chi connectivity index (χ2v) is 7.27. The van der Waals surface area contributed by atoms with Gasteiger partial charge in [-0.3, -0.25) is 9.59 Å². The van der Waals surface area contributed by atoms with Crippen molar-refractivity contribution >= 4 is 52.0 Å². The molecule has 7 heteroatoms. The van der Waals surface area contributed by atoms with E-state index < -0.39 is 11.8 Å². The lowest BCUT2D eigenvalue weighted by atomic mass is 10.0. The van der Waals surface area contributed by atoms with Crippen molar-refractivity contribution in [2.24, 2.45) is 0 Å². The molecule has 3 aromatic carbocycles. The van der Waals surface area contributed by atoms with Gasteiger partial charge in [0.1, 0.15) is 11.4 Å². The molecule has 0 fully saturated rings. The van der Waals surface area contributed by atoms with Gasteiger partial charge >= 0.3 is 0 Å². The topological polar surface area (TPSA) is 58.6 Å². The number of ether oxygens (including phenoxy) is 1. The number of rotatable bonds is 5. The molecule has 1 aliphatic rings. The number of halogens is 2. The third-order valence-corrected chi connectivity index (χ3v) is 5.49. The molecule has 0 atom stereocenters. The summed E-state index contributed by atoms with van der Waals surface area (Å²) in [6, 6.07) is 20.9. The molecule has 4 rings (SSSR count). The van der Waals surface area contributed by atoms with Gasteiger partial charge < -0.3 is 10.1 Å². The number of carbonyl (C=O) groups is 2. The maximum Gasteiger partial charge on any atom is 0.282 e. The summed E-state index contributed by atoms with van der Waals surface area (Å²) in [5, 5.41) is 3.49. The standard InChI is InChI=1S/C23H16Cl2N2O3/c1-30-16-12-10-15(11-13-16)26-21-19(14-6-3-2-4-7-14)22(28)27(23(21)29)18-9-5-8-17(24)20(18)25/h2-13,26H,1H3. The first-order valence-corrected chi connectivity index (χ1v) is 9.80. The summed E-state index contributed by atoms with van der Waals surface area (Å²) in [5.74, 6) is -0.316. The molecule has 0 aliphatic carbocycles. The summed E-state index contributed by atoms with van der Waals surface area (Å²) in [7, 11) is 1.57. The van der Waals surface area contributed by atoms with Gasteiger partial charge in [-0.2, -0.15) is 0 Å². The van der Waals surface area contributed by atoms with Crippen molar-refractivity contribution in [1.29, 1.82) is 0 Å². The summed E-state index contributed by atoms with van der Waals surface area (Å²) in [6.07, 6.45) is 0. The summed E-state index contributed by atoms with van der Waals surface area (Å²) in [6.45, 7) is 0. The van der Waals surface area contributed by atoms with Crippen molar-refractivity contribution < 1.29 is 14.3 Å². The van der Waals surface area contributed by atoms with Crippen LogP contribution in [0.4, 0.5) is 11.4 Å². The molecule has 0 unspecified atom stereocenters.